The topological polar surface area (TPSA) is 230 Å². The van der Waals surface area contributed by atoms with Crippen molar-refractivity contribution in [1.82, 2.24) is 0 Å². The third-order valence-electron chi connectivity index (χ3n) is 0.541. The summed E-state index contributed by atoms with van der Waals surface area (Å²) in [4.78, 5) is 36.5. The van der Waals surface area contributed by atoms with Crippen molar-refractivity contribution in [3.05, 3.63) is 0 Å². The van der Waals surface area contributed by atoms with Crippen molar-refractivity contribution in [2.24, 2.45) is 0 Å². The number of aliphatic hydroxyl groups excluding tert-OH is 4. The van der Waals surface area contributed by atoms with Crippen molar-refractivity contribution in [3.63, 3.8) is 0 Å². The van der Waals surface area contributed by atoms with Crippen LogP contribution < -0.4 is 0 Å². The second-order valence-electron chi connectivity index (χ2n) is 2.21. The van der Waals surface area contributed by atoms with Gasteiger partial charge in [0.05, 0.1) is 0 Å². The van der Waals surface area contributed by atoms with Gasteiger partial charge in [-0.2, -0.15) is 0 Å². The molecule has 0 saturated heterocycles. The van der Waals surface area contributed by atoms with Crippen molar-refractivity contribution in [3.8, 4) is 0 Å². The van der Waals surface area contributed by atoms with Crippen LogP contribution >= 0.6 is 0 Å². The molecule has 0 saturated carbocycles. The van der Waals surface area contributed by atoms with Crippen LogP contribution in [0.3, 0.4) is 0 Å². The molecular formula is C8H20O12Si. The molecule has 0 unspecified atom stereocenters. The van der Waals surface area contributed by atoms with Gasteiger partial charge in [-0.1, -0.05) is 0 Å². The summed E-state index contributed by atoms with van der Waals surface area (Å²) in [7, 11) is 0. The zero-order chi connectivity index (χ0) is 17.1. The summed E-state index contributed by atoms with van der Waals surface area (Å²) in [6, 6.07) is 0. The van der Waals surface area contributed by atoms with Gasteiger partial charge in [0.1, 0.15) is 26.4 Å². The third-order valence-corrected chi connectivity index (χ3v) is 0.541. The van der Waals surface area contributed by atoms with Gasteiger partial charge in [0.15, 0.2) is 0 Å². The minimum Gasteiger partial charge on any atom is -0.480 e. The van der Waals surface area contributed by atoms with Crippen molar-refractivity contribution < 1.29 is 60.0 Å². The van der Waals surface area contributed by atoms with E-state index in [0.717, 1.165) is 0 Å². The Morgan fingerprint density at radius 3 is 0.524 bits per heavy atom. The lowest BCUT2D eigenvalue weighted by molar-refractivity contribution is -0.141. The average Bonchev–Trinajstić information content (AvgIpc) is 2.40. The van der Waals surface area contributed by atoms with Gasteiger partial charge in [0.25, 0.3) is 0 Å². The number of carboxylic acid groups (broad SMARTS) is 4. The molecule has 0 aliphatic rings. The second-order valence-corrected chi connectivity index (χ2v) is 2.21. The molecular weight excluding hydrogens is 316 g/mol. The van der Waals surface area contributed by atoms with E-state index in [-0.39, 0.29) is 11.0 Å². The lowest BCUT2D eigenvalue weighted by Gasteiger charge is -1.72. The molecule has 8 N–H and O–H groups in total. The molecule has 0 aliphatic carbocycles. The Balaban J connectivity index is -0.0000000533. The standard InChI is InChI=1S/4C2H4O3.H4Si/c4*3-1-2(4)5;/h4*3H,1H2,(H,4,5);1H4. The van der Waals surface area contributed by atoms with Crippen LogP contribution in [0.4, 0.5) is 0 Å². The van der Waals surface area contributed by atoms with Gasteiger partial charge >= 0.3 is 23.9 Å². The highest BCUT2D eigenvalue weighted by Gasteiger charge is 1.83. The van der Waals surface area contributed by atoms with Crippen LogP contribution in [0.5, 0.6) is 0 Å². The first-order valence-electron chi connectivity index (χ1n) is 4.39. The maximum absolute atomic E-state index is 9.12. The molecule has 0 amide bonds. The zero-order valence-corrected chi connectivity index (χ0v) is 10.0. The maximum atomic E-state index is 9.12. The first-order chi connectivity index (χ1) is 9.08. The first-order valence-corrected chi connectivity index (χ1v) is 4.39. The van der Waals surface area contributed by atoms with E-state index in [1.54, 1.807) is 0 Å². The van der Waals surface area contributed by atoms with Gasteiger partial charge in [-0.05, 0) is 11.0 Å². The maximum Gasteiger partial charge on any atom is 0.329 e. The Labute approximate surface area is 122 Å². The molecule has 0 atom stereocenters. The van der Waals surface area contributed by atoms with E-state index in [1.165, 1.54) is 0 Å². The van der Waals surface area contributed by atoms with E-state index >= 15 is 0 Å². The summed E-state index contributed by atoms with van der Waals surface area (Å²) in [5, 5.41) is 60.1. The fourth-order valence-electron chi connectivity index (χ4n) is 0. The third kappa shape index (κ3) is 129. The molecule has 0 fully saturated rings. The first kappa shape index (κ1) is 31.4. The van der Waals surface area contributed by atoms with Gasteiger partial charge in [0, 0.05) is 0 Å². The van der Waals surface area contributed by atoms with Gasteiger partial charge in [-0.3, -0.25) is 0 Å². The largest absolute Gasteiger partial charge is 0.480 e. The summed E-state index contributed by atoms with van der Waals surface area (Å²) in [5.41, 5.74) is 0. The molecule has 21 heavy (non-hydrogen) atoms. The van der Waals surface area contributed by atoms with Crippen LogP contribution in [0.1, 0.15) is 0 Å². The van der Waals surface area contributed by atoms with Crippen molar-refractivity contribution in [1.29, 1.82) is 0 Å². The molecule has 0 radical (unpaired) electrons. The van der Waals surface area contributed by atoms with Crippen LogP contribution in [0.15, 0.2) is 0 Å². The fourth-order valence-corrected chi connectivity index (χ4v) is 0. The van der Waals surface area contributed by atoms with E-state index in [9.17, 15) is 0 Å². The minimum absolute atomic E-state index is 0. The molecule has 0 aromatic rings. The van der Waals surface area contributed by atoms with Crippen molar-refractivity contribution in [2.45, 2.75) is 0 Å². The summed E-state index contributed by atoms with van der Waals surface area (Å²) >= 11 is 0. The Morgan fingerprint density at radius 1 is 0.476 bits per heavy atom. The van der Waals surface area contributed by atoms with Crippen LogP contribution in [0, 0.1) is 0 Å². The van der Waals surface area contributed by atoms with Gasteiger partial charge < -0.3 is 40.9 Å². The Bertz CT molecular complexity index is 222. The van der Waals surface area contributed by atoms with Gasteiger partial charge in [-0.25, -0.2) is 19.2 Å². The highest BCUT2D eigenvalue weighted by atomic mass is 28.1. The molecule has 0 aliphatic heterocycles. The summed E-state index contributed by atoms with van der Waals surface area (Å²) in [6.45, 7) is -3.11. The lowest BCUT2D eigenvalue weighted by atomic mass is 10.8. The Morgan fingerprint density at radius 2 is 0.524 bits per heavy atom. The molecule has 0 bridgehead atoms. The number of hydrogen-bond acceptors (Lipinski definition) is 8. The van der Waals surface area contributed by atoms with Gasteiger partial charge in [-0.15, -0.1) is 0 Å². The summed E-state index contributed by atoms with van der Waals surface area (Å²) in [6.07, 6.45) is 0. The molecule has 0 aromatic carbocycles. The minimum atomic E-state index is -1.19. The number of carboxylic acids is 4. The highest BCUT2D eigenvalue weighted by Crippen LogP contribution is 1.50. The fraction of sp³-hybridized carbons (Fsp3) is 0.500. The molecule has 13 heteroatoms. The summed E-state index contributed by atoms with van der Waals surface area (Å²) in [5.74, 6) is -4.76. The van der Waals surface area contributed by atoms with Crippen LogP contribution in [-0.4, -0.2) is 102 Å². The van der Waals surface area contributed by atoms with Crippen LogP contribution in [0.25, 0.3) is 0 Å². The average molecular weight is 336 g/mol. The molecule has 0 heterocycles. The SMILES string of the molecule is O=C(O)CO.O=C(O)CO.O=C(O)CO.O=C(O)CO.[SiH4]. The van der Waals surface area contributed by atoms with E-state index in [4.69, 9.17) is 60.0 Å². The molecule has 0 aromatic heterocycles. The van der Waals surface area contributed by atoms with Crippen molar-refractivity contribution in [2.75, 3.05) is 26.4 Å². The predicted molar refractivity (Wildman–Crippen MR) is 70.2 cm³/mol. The lowest BCUT2D eigenvalue weighted by Crippen LogP contribution is -1.98. The molecule has 0 rings (SSSR count). The molecule has 12 nitrogen and oxygen atoms in total. The van der Waals surface area contributed by atoms with Crippen molar-refractivity contribution >= 4 is 34.8 Å². The van der Waals surface area contributed by atoms with E-state index in [0.29, 0.717) is 0 Å². The number of rotatable bonds is 4. The quantitative estimate of drug-likeness (QED) is 0.225. The van der Waals surface area contributed by atoms with E-state index in [2.05, 4.69) is 0 Å². The number of carbonyl (C=O) groups is 4. The highest BCUT2D eigenvalue weighted by molar-refractivity contribution is 5.75. The molecule has 128 valence electrons. The van der Waals surface area contributed by atoms with E-state index < -0.39 is 50.3 Å². The monoisotopic (exact) mass is 336 g/mol. The number of hydrogen-bond donors (Lipinski definition) is 8. The second kappa shape index (κ2) is 26.5. The number of aliphatic hydroxyl groups is 4. The Kier molecular flexibility index (Phi) is 39.6. The smallest absolute Gasteiger partial charge is 0.329 e. The number of aliphatic carboxylic acids is 4. The van der Waals surface area contributed by atoms with Gasteiger partial charge in [0.2, 0.25) is 0 Å². The zero-order valence-electron chi connectivity index (χ0n) is 10.0. The van der Waals surface area contributed by atoms with E-state index in [1.807, 2.05) is 0 Å². The Hall–Kier alpha value is -2.06. The normalized spacial score (nSPS) is 7.05. The van der Waals surface area contributed by atoms with Crippen LogP contribution in [-0.2, 0) is 19.2 Å². The predicted octanol–water partition coefficient (Wildman–Crippen LogP) is -5.20. The van der Waals surface area contributed by atoms with Crippen LogP contribution in [0.2, 0.25) is 0 Å². The summed E-state index contributed by atoms with van der Waals surface area (Å²) < 4.78 is 0. The molecule has 0 spiro atoms.